The van der Waals surface area contributed by atoms with E-state index in [-0.39, 0.29) is 0 Å². The van der Waals surface area contributed by atoms with E-state index in [4.69, 9.17) is 0 Å². The van der Waals surface area contributed by atoms with Crippen LogP contribution in [0, 0.1) is 5.92 Å². The standard InChI is InChI=1S/C16H25N/c1-4-11-17-16(15-9-10-15)14-7-5-13(6-8-14)12(2)3/h5-8,12,15-17H,4,9-11H2,1-3H3. The van der Waals surface area contributed by atoms with Gasteiger partial charge < -0.3 is 5.32 Å². The molecule has 1 aromatic carbocycles. The molecule has 1 unspecified atom stereocenters. The Morgan fingerprint density at radius 3 is 2.18 bits per heavy atom. The molecule has 1 N–H and O–H groups in total. The summed E-state index contributed by atoms with van der Waals surface area (Å²) in [5.74, 6) is 1.51. The van der Waals surface area contributed by atoms with Crippen LogP contribution in [0.5, 0.6) is 0 Å². The summed E-state index contributed by atoms with van der Waals surface area (Å²) in [4.78, 5) is 0. The van der Waals surface area contributed by atoms with Crippen molar-refractivity contribution in [2.45, 2.75) is 52.0 Å². The molecule has 0 radical (unpaired) electrons. The van der Waals surface area contributed by atoms with Gasteiger partial charge in [-0.3, -0.25) is 0 Å². The molecule has 1 aromatic rings. The Morgan fingerprint density at radius 2 is 1.71 bits per heavy atom. The van der Waals surface area contributed by atoms with E-state index in [1.807, 2.05) is 0 Å². The number of benzene rings is 1. The average Bonchev–Trinajstić information content (AvgIpc) is 3.14. The van der Waals surface area contributed by atoms with E-state index in [0.29, 0.717) is 12.0 Å². The molecule has 1 aliphatic carbocycles. The van der Waals surface area contributed by atoms with Gasteiger partial charge in [0, 0.05) is 6.04 Å². The van der Waals surface area contributed by atoms with Gasteiger partial charge in [0.25, 0.3) is 0 Å². The first-order chi connectivity index (χ1) is 8.22. The molecule has 1 aliphatic rings. The second kappa shape index (κ2) is 5.68. The molecule has 94 valence electrons. The SMILES string of the molecule is CCCNC(c1ccc(C(C)C)cc1)C1CC1. The predicted octanol–water partition coefficient (Wildman–Crippen LogP) is 4.26. The third-order valence-corrected chi connectivity index (χ3v) is 3.67. The maximum Gasteiger partial charge on any atom is 0.0348 e. The fourth-order valence-corrected chi connectivity index (χ4v) is 2.37. The van der Waals surface area contributed by atoms with Crippen molar-refractivity contribution in [2.24, 2.45) is 5.92 Å². The molecule has 0 aliphatic heterocycles. The number of hydrogen-bond acceptors (Lipinski definition) is 1. The second-order valence-electron chi connectivity index (χ2n) is 5.59. The summed E-state index contributed by atoms with van der Waals surface area (Å²) in [6, 6.07) is 9.82. The van der Waals surface area contributed by atoms with Crippen molar-refractivity contribution in [3.8, 4) is 0 Å². The van der Waals surface area contributed by atoms with E-state index < -0.39 is 0 Å². The average molecular weight is 231 g/mol. The van der Waals surface area contributed by atoms with Crippen LogP contribution in [0.2, 0.25) is 0 Å². The van der Waals surface area contributed by atoms with Crippen molar-refractivity contribution >= 4 is 0 Å². The van der Waals surface area contributed by atoms with Gasteiger partial charge in [0.2, 0.25) is 0 Å². The quantitative estimate of drug-likeness (QED) is 0.771. The summed E-state index contributed by atoms with van der Waals surface area (Å²) in [5, 5.41) is 3.70. The lowest BCUT2D eigenvalue weighted by Crippen LogP contribution is -2.23. The van der Waals surface area contributed by atoms with Crippen LogP contribution in [-0.2, 0) is 0 Å². The van der Waals surface area contributed by atoms with Crippen molar-refractivity contribution in [2.75, 3.05) is 6.54 Å². The first kappa shape index (κ1) is 12.6. The monoisotopic (exact) mass is 231 g/mol. The van der Waals surface area contributed by atoms with Crippen LogP contribution in [0.3, 0.4) is 0 Å². The smallest absolute Gasteiger partial charge is 0.0348 e. The van der Waals surface area contributed by atoms with Crippen LogP contribution in [0.25, 0.3) is 0 Å². The van der Waals surface area contributed by atoms with Crippen LogP contribution in [0.1, 0.15) is 63.1 Å². The van der Waals surface area contributed by atoms with E-state index in [0.717, 1.165) is 12.5 Å². The Morgan fingerprint density at radius 1 is 1.12 bits per heavy atom. The molecule has 1 fully saturated rings. The molecule has 0 bridgehead atoms. The normalized spacial score (nSPS) is 17.4. The number of hydrogen-bond donors (Lipinski definition) is 1. The summed E-state index contributed by atoms with van der Waals surface area (Å²) < 4.78 is 0. The topological polar surface area (TPSA) is 12.0 Å². The summed E-state index contributed by atoms with van der Waals surface area (Å²) in [5.41, 5.74) is 2.92. The number of nitrogens with one attached hydrogen (secondary N) is 1. The fourth-order valence-electron chi connectivity index (χ4n) is 2.37. The molecule has 1 saturated carbocycles. The van der Waals surface area contributed by atoms with Crippen molar-refractivity contribution in [1.29, 1.82) is 0 Å². The van der Waals surface area contributed by atoms with Gasteiger partial charge in [-0.1, -0.05) is 45.0 Å². The molecule has 1 atom stereocenters. The molecular weight excluding hydrogens is 206 g/mol. The zero-order chi connectivity index (χ0) is 12.3. The van der Waals surface area contributed by atoms with Crippen LogP contribution >= 0.6 is 0 Å². The van der Waals surface area contributed by atoms with E-state index in [9.17, 15) is 0 Å². The van der Waals surface area contributed by atoms with Crippen LogP contribution in [0.15, 0.2) is 24.3 Å². The van der Waals surface area contributed by atoms with Gasteiger partial charge in [-0.05, 0) is 48.8 Å². The van der Waals surface area contributed by atoms with Crippen LogP contribution < -0.4 is 5.32 Å². The second-order valence-corrected chi connectivity index (χ2v) is 5.59. The Hall–Kier alpha value is -0.820. The Balaban J connectivity index is 2.07. The molecule has 0 saturated heterocycles. The van der Waals surface area contributed by atoms with Crippen molar-refractivity contribution in [1.82, 2.24) is 5.32 Å². The van der Waals surface area contributed by atoms with Crippen LogP contribution in [0.4, 0.5) is 0 Å². The molecular formula is C16H25N. The lowest BCUT2D eigenvalue weighted by Gasteiger charge is -2.19. The largest absolute Gasteiger partial charge is 0.310 e. The van der Waals surface area contributed by atoms with Gasteiger partial charge in [0.05, 0.1) is 0 Å². The van der Waals surface area contributed by atoms with Crippen molar-refractivity contribution in [3.05, 3.63) is 35.4 Å². The predicted molar refractivity (Wildman–Crippen MR) is 74.3 cm³/mol. The third-order valence-electron chi connectivity index (χ3n) is 3.67. The third kappa shape index (κ3) is 3.32. The Labute approximate surface area is 106 Å². The maximum atomic E-state index is 3.70. The van der Waals surface area contributed by atoms with Crippen LogP contribution in [-0.4, -0.2) is 6.54 Å². The van der Waals surface area contributed by atoms with E-state index in [1.165, 1.54) is 30.4 Å². The molecule has 0 amide bonds. The molecule has 2 rings (SSSR count). The highest BCUT2D eigenvalue weighted by Crippen LogP contribution is 2.41. The van der Waals surface area contributed by atoms with Gasteiger partial charge >= 0.3 is 0 Å². The van der Waals surface area contributed by atoms with Gasteiger partial charge in [0.15, 0.2) is 0 Å². The summed E-state index contributed by atoms with van der Waals surface area (Å²) in [6.45, 7) is 7.87. The van der Waals surface area contributed by atoms with Gasteiger partial charge in [-0.15, -0.1) is 0 Å². The highest BCUT2D eigenvalue weighted by Gasteiger charge is 2.31. The summed E-state index contributed by atoms with van der Waals surface area (Å²) in [6.07, 6.45) is 4.01. The molecule has 0 heterocycles. The molecule has 0 aromatic heterocycles. The van der Waals surface area contributed by atoms with Crippen molar-refractivity contribution < 1.29 is 0 Å². The minimum absolute atomic E-state index is 0.594. The Kier molecular flexibility index (Phi) is 4.22. The lowest BCUT2D eigenvalue weighted by atomic mass is 9.97. The lowest BCUT2D eigenvalue weighted by molar-refractivity contribution is 0.481. The van der Waals surface area contributed by atoms with Gasteiger partial charge in [-0.2, -0.15) is 0 Å². The summed E-state index contributed by atoms with van der Waals surface area (Å²) >= 11 is 0. The molecule has 17 heavy (non-hydrogen) atoms. The van der Waals surface area contributed by atoms with E-state index in [1.54, 1.807) is 0 Å². The first-order valence-electron chi connectivity index (χ1n) is 7.05. The minimum atomic E-state index is 0.594. The minimum Gasteiger partial charge on any atom is -0.310 e. The highest BCUT2D eigenvalue weighted by molar-refractivity contribution is 5.28. The Bertz CT molecular complexity index is 335. The zero-order valence-corrected chi connectivity index (χ0v) is 11.4. The van der Waals surface area contributed by atoms with Gasteiger partial charge in [0.1, 0.15) is 0 Å². The van der Waals surface area contributed by atoms with E-state index >= 15 is 0 Å². The van der Waals surface area contributed by atoms with E-state index in [2.05, 4.69) is 50.4 Å². The number of rotatable bonds is 6. The molecule has 1 nitrogen and oxygen atoms in total. The maximum absolute atomic E-state index is 3.70. The fraction of sp³-hybridized carbons (Fsp3) is 0.625. The van der Waals surface area contributed by atoms with Crippen molar-refractivity contribution in [3.63, 3.8) is 0 Å². The van der Waals surface area contributed by atoms with Gasteiger partial charge in [-0.25, -0.2) is 0 Å². The first-order valence-corrected chi connectivity index (χ1v) is 7.05. The molecule has 1 heteroatoms. The summed E-state index contributed by atoms with van der Waals surface area (Å²) in [7, 11) is 0. The highest BCUT2D eigenvalue weighted by atomic mass is 14.9. The molecule has 0 spiro atoms. The zero-order valence-electron chi connectivity index (χ0n) is 11.4.